The smallest absolute Gasteiger partial charge is 0.151 e. The summed E-state index contributed by atoms with van der Waals surface area (Å²) in [6, 6.07) is 11.1. The molecule has 1 fully saturated rings. The highest BCUT2D eigenvalue weighted by Crippen LogP contribution is 2.23. The first-order valence-corrected chi connectivity index (χ1v) is 8.59. The summed E-state index contributed by atoms with van der Waals surface area (Å²) in [4.78, 5) is 6.69. The average molecular weight is 337 g/mol. The van der Waals surface area contributed by atoms with Gasteiger partial charge in [-0.3, -0.25) is 4.98 Å². The van der Waals surface area contributed by atoms with Gasteiger partial charge < -0.3 is 10.2 Å². The minimum absolute atomic E-state index is 0.223. The molecule has 3 aromatic rings. The van der Waals surface area contributed by atoms with Crippen LogP contribution in [0.3, 0.4) is 0 Å². The number of halogens is 1. The minimum atomic E-state index is -0.223. The molecule has 1 aliphatic heterocycles. The van der Waals surface area contributed by atoms with Crippen LogP contribution >= 0.6 is 0 Å². The fourth-order valence-corrected chi connectivity index (χ4v) is 3.53. The molecule has 6 heteroatoms. The predicted octanol–water partition coefficient (Wildman–Crippen LogP) is 2.92. The average Bonchev–Trinajstić information content (AvgIpc) is 3.11. The van der Waals surface area contributed by atoms with Gasteiger partial charge in [-0.1, -0.05) is 6.07 Å². The van der Waals surface area contributed by atoms with E-state index in [9.17, 15) is 4.39 Å². The van der Waals surface area contributed by atoms with Crippen LogP contribution in [0.4, 0.5) is 10.2 Å². The van der Waals surface area contributed by atoms with Crippen molar-refractivity contribution in [2.45, 2.75) is 25.4 Å². The Morgan fingerprint density at radius 2 is 2.12 bits per heavy atom. The highest BCUT2D eigenvalue weighted by atomic mass is 19.1. The van der Waals surface area contributed by atoms with E-state index in [0.29, 0.717) is 12.6 Å². The number of fused-ring (bicyclic) bond motifs is 1. The van der Waals surface area contributed by atoms with Crippen LogP contribution in [0.1, 0.15) is 18.4 Å². The Balaban J connectivity index is 1.44. The van der Waals surface area contributed by atoms with Crippen molar-refractivity contribution in [3.63, 3.8) is 0 Å². The summed E-state index contributed by atoms with van der Waals surface area (Å²) in [6.07, 6.45) is 5.70. The van der Waals surface area contributed by atoms with Crippen LogP contribution in [-0.2, 0) is 6.54 Å². The van der Waals surface area contributed by atoms with E-state index in [1.165, 1.54) is 6.07 Å². The van der Waals surface area contributed by atoms with Crippen LogP contribution in [0.25, 0.3) is 10.9 Å². The lowest BCUT2D eigenvalue weighted by Gasteiger charge is -2.25. The molecule has 1 aromatic carbocycles. The largest absolute Gasteiger partial charge is 0.351 e. The zero-order valence-corrected chi connectivity index (χ0v) is 13.9. The Morgan fingerprint density at radius 3 is 3.00 bits per heavy atom. The normalized spacial score (nSPS) is 17.3. The van der Waals surface area contributed by atoms with Crippen molar-refractivity contribution in [2.75, 3.05) is 18.0 Å². The molecule has 0 radical (unpaired) electrons. The van der Waals surface area contributed by atoms with Crippen LogP contribution in [0.2, 0.25) is 0 Å². The molecule has 1 saturated heterocycles. The fourth-order valence-electron chi connectivity index (χ4n) is 3.53. The maximum Gasteiger partial charge on any atom is 0.151 e. The Labute approximate surface area is 145 Å². The lowest BCUT2D eigenvalue weighted by atomic mass is 10.1. The first-order valence-electron chi connectivity index (χ1n) is 8.59. The highest BCUT2D eigenvalue weighted by molar-refractivity contribution is 5.81. The molecule has 5 nitrogen and oxygen atoms in total. The summed E-state index contributed by atoms with van der Waals surface area (Å²) in [5.74, 6) is 0.698. The predicted molar refractivity (Wildman–Crippen MR) is 95.8 cm³/mol. The summed E-state index contributed by atoms with van der Waals surface area (Å²) < 4.78 is 13.8. The lowest BCUT2D eigenvalue weighted by molar-refractivity contribution is 0.567. The molecule has 0 amide bonds. The first-order chi connectivity index (χ1) is 12.3. The number of benzene rings is 1. The van der Waals surface area contributed by atoms with Crippen molar-refractivity contribution in [1.82, 2.24) is 20.5 Å². The molecule has 25 heavy (non-hydrogen) atoms. The molecular weight excluding hydrogens is 317 g/mol. The maximum atomic E-state index is 13.8. The van der Waals surface area contributed by atoms with Gasteiger partial charge in [0.25, 0.3) is 0 Å². The molecular formula is C19H20FN5. The Kier molecular flexibility index (Phi) is 4.52. The van der Waals surface area contributed by atoms with Gasteiger partial charge in [0, 0.05) is 43.5 Å². The number of rotatable bonds is 5. The SMILES string of the molecule is Fc1cc(CNCC2CCCN2c2cccnn2)c2ncccc2c1. The molecule has 3 heterocycles. The van der Waals surface area contributed by atoms with E-state index < -0.39 is 0 Å². The van der Waals surface area contributed by atoms with E-state index >= 15 is 0 Å². The van der Waals surface area contributed by atoms with Crippen LogP contribution in [0, 0.1) is 5.82 Å². The van der Waals surface area contributed by atoms with E-state index in [4.69, 9.17) is 0 Å². The Morgan fingerprint density at radius 1 is 1.20 bits per heavy atom. The van der Waals surface area contributed by atoms with Crippen molar-refractivity contribution < 1.29 is 4.39 Å². The van der Waals surface area contributed by atoms with Crippen molar-refractivity contribution in [2.24, 2.45) is 0 Å². The molecule has 0 aliphatic carbocycles. The summed E-state index contributed by atoms with van der Waals surface area (Å²) in [6.45, 7) is 2.41. The zero-order valence-electron chi connectivity index (χ0n) is 13.9. The first kappa shape index (κ1) is 15.9. The quantitative estimate of drug-likeness (QED) is 0.776. The van der Waals surface area contributed by atoms with Crippen molar-refractivity contribution in [1.29, 1.82) is 0 Å². The van der Waals surface area contributed by atoms with Crippen LogP contribution in [-0.4, -0.2) is 34.3 Å². The highest BCUT2D eigenvalue weighted by Gasteiger charge is 2.25. The molecule has 0 bridgehead atoms. The number of pyridine rings is 1. The van der Waals surface area contributed by atoms with Crippen LogP contribution in [0.15, 0.2) is 48.8 Å². The van der Waals surface area contributed by atoms with E-state index in [0.717, 1.165) is 48.2 Å². The third kappa shape index (κ3) is 3.44. The molecule has 2 aromatic heterocycles. The summed E-state index contributed by atoms with van der Waals surface area (Å²) in [5, 5.41) is 12.5. The van der Waals surface area contributed by atoms with Crippen molar-refractivity contribution in [3.05, 3.63) is 60.2 Å². The number of hydrogen-bond acceptors (Lipinski definition) is 5. The second-order valence-electron chi connectivity index (χ2n) is 6.34. The van der Waals surface area contributed by atoms with Crippen LogP contribution in [0.5, 0.6) is 0 Å². The number of aromatic nitrogens is 3. The van der Waals surface area contributed by atoms with Gasteiger partial charge in [-0.25, -0.2) is 4.39 Å². The van der Waals surface area contributed by atoms with Gasteiger partial charge in [-0.2, -0.15) is 5.10 Å². The van der Waals surface area contributed by atoms with Gasteiger partial charge in [0.15, 0.2) is 5.82 Å². The number of hydrogen-bond donors (Lipinski definition) is 1. The molecule has 4 rings (SSSR count). The molecule has 1 unspecified atom stereocenters. The zero-order chi connectivity index (χ0) is 17.1. The summed E-state index contributed by atoms with van der Waals surface area (Å²) in [7, 11) is 0. The van der Waals surface area contributed by atoms with Gasteiger partial charge in [-0.15, -0.1) is 5.10 Å². The molecule has 0 spiro atoms. The standard InChI is InChI=1S/C19H20FN5/c20-16-10-14-4-1-7-22-19(14)15(11-16)12-21-13-17-5-3-9-25(17)18-6-2-8-23-24-18/h1-2,4,6-8,10-11,17,21H,3,5,9,12-13H2. The summed E-state index contributed by atoms with van der Waals surface area (Å²) >= 11 is 0. The topological polar surface area (TPSA) is 53.9 Å². The number of anilines is 1. The van der Waals surface area contributed by atoms with Gasteiger partial charge in [0.05, 0.1) is 5.52 Å². The lowest BCUT2D eigenvalue weighted by Crippen LogP contribution is -2.38. The molecule has 0 saturated carbocycles. The minimum Gasteiger partial charge on any atom is -0.351 e. The van der Waals surface area contributed by atoms with Gasteiger partial charge in [0.2, 0.25) is 0 Å². The van der Waals surface area contributed by atoms with Gasteiger partial charge in [-0.05, 0) is 48.7 Å². The van der Waals surface area contributed by atoms with Crippen LogP contribution < -0.4 is 10.2 Å². The molecule has 1 atom stereocenters. The molecule has 128 valence electrons. The second-order valence-corrected chi connectivity index (χ2v) is 6.34. The Hall–Kier alpha value is -2.60. The van der Waals surface area contributed by atoms with E-state index in [-0.39, 0.29) is 5.82 Å². The Bertz CT molecular complexity index is 855. The fraction of sp³-hybridized carbons (Fsp3) is 0.316. The van der Waals surface area contributed by atoms with Crippen molar-refractivity contribution in [3.8, 4) is 0 Å². The third-order valence-electron chi connectivity index (χ3n) is 4.67. The van der Waals surface area contributed by atoms with E-state index in [1.807, 2.05) is 24.3 Å². The second kappa shape index (κ2) is 7.11. The third-order valence-corrected chi connectivity index (χ3v) is 4.67. The molecule has 1 aliphatic rings. The van der Waals surface area contributed by atoms with E-state index in [1.54, 1.807) is 18.5 Å². The van der Waals surface area contributed by atoms with Crippen molar-refractivity contribution >= 4 is 16.7 Å². The maximum absolute atomic E-state index is 13.8. The van der Waals surface area contributed by atoms with Gasteiger partial charge in [0.1, 0.15) is 5.82 Å². The summed E-state index contributed by atoms with van der Waals surface area (Å²) in [5.41, 5.74) is 1.74. The van der Waals surface area contributed by atoms with Gasteiger partial charge >= 0.3 is 0 Å². The van der Waals surface area contributed by atoms with E-state index in [2.05, 4.69) is 25.4 Å². The number of nitrogens with zero attached hydrogens (tertiary/aromatic N) is 4. The monoisotopic (exact) mass is 337 g/mol. The molecule has 1 N–H and O–H groups in total. The number of nitrogens with one attached hydrogen (secondary N) is 1.